The Morgan fingerprint density at radius 1 is 1.13 bits per heavy atom. The van der Waals surface area contributed by atoms with E-state index >= 15 is 0 Å². The van der Waals surface area contributed by atoms with E-state index in [0.29, 0.717) is 22.7 Å². The average Bonchev–Trinajstić information content (AvgIpc) is 2.75. The number of carbonyl (C=O) groups is 1. The van der Waals surface area contributed by atoms with Crippen LogP contribution in [-0.2, 0) is 20.8 Å². The van der Waals surface area contributed by atoms with Gasteiger partial charge in [-0.05, 0) is 42.8 Å². The predicted molar refractivity (Wildman–Crippen MR) is 116 cm³/mol. The molecule has 0 saturated heterocycles. The Hall–Kier alpha value is -3.29. The van der Waals surface area contributed by atoms with Gasteiger partial charge in [0.15, 0.2) is 11.5 Å². The standard InChI is InChI=1S/C21H25N3O6S/c1-14(13-30-31(4,26)27)24-18-7-5-15(11-22)9-17(18)21(25)23-12-16-6-8-19(28-2)20(10-16)29-3/h5-10,14,24H,12-13H2,1-4H3,(H,23,25)/t14-/m0/s1. The van der Waals surface area contributed by atoms with E-state index < -0.39 is 22.1 Å². The highest BCUT2D eigenvalue weighted by Crippen LogP contribution is 2.27. The molecule has 1 amide bonds. The number of benzene rings is 2. The van der Waals surface area contributed by atoms with E-state index in [1.54, 1.807) is 37.3 Å². The Labute approximate surface area is 182 Å². The van der Waals surface area contributed by atoms with Crippen molar-refractivity contribution in [3.8, 4) is 17.6 Å². The van der Waals surface area contributed by atoms with Crippen molar-refractivity contribution < 1.29 is 26.9 Å². The number of anilines is 1. The lowest BCUT2D eigenvalue weighted by Gasteiger charge is -2.18. The van der Waals surface area contributed by atoms with Crippen LogP contribution < -0.4 is 20.1 Å². The third-order valence-corrected chi connectivity index (χ3v) is 4.79. The average molecular weight is 448 g/mol. The van der Waals surface area contributed by atoms with Crippen LogP contribution in [0.15, 0.2) is 36.4 Å². The topological polar surface area (TPSA) is 127 Å². The number of nitrogens with one attached hydrogen (secondary N) is 2. The van der Waals surface area contributed by atoms with Gasteiger partial charge < -0.3 is 20.1 Å². The van der Waals surface area contributed by atoms with Crippen molar-refractivity contribution in [1.82, 2.24) is 5.32 Å². The maximum atomic E-state index is 12.8. The van der Waals surface area contributed by atoms with Crippen LogP contribution in [0.2, 0.25) is 0 Å². The lowest BCUT2D eigenvalue weighted by Crippen LogP contribution is -2.27. The molecule has 0 saturated carbocycles. The molecule has 0 radical (unpaired) electrons. The first-order chi connectivity index (χ1) is 14.7. The summed E-state index contributed by atoms with van der Waals surface area (Å²) < 4.78 is 37.6. The number of nitrogens with zero attached hydrogens (tertiary/aromatic N) is 1. The Bertz CT molecular complexity index is 1080. The fraction of sp³-hybridized carbons (Fsp3) is 0.333. The molecule has 0 bridgehead atoms. The normalized spacial score (nSPS) is 11.8. The summed E-state index contributed by atoms with van der Waals surface area (Å²) in [7, 11) is -0.513. The molecule has 2 rings (SSSR count). The molecule has 0 spiro atoms. The highest BCUT2D eigenvalue weighted by Gasteiger charge is 2.16. The van der Waals surface area contributed by atoms with Gasteiger partial charge >= 0.3 is 0 Å². The van der Waals surface area contributed by atoms with Crippen molar-refractivity contribution >= 4 is 21.7 Å². The quantitative estimate of drug-likeness (QED) is 0.531. The Kier molecular flexibility index (Phi) is 8.24. The zero-order valence-corrected chi connectivity index (χ0v) is 18.6. The first-order valence-electron chi connectivity index (χ1n) is 9.31. The van der Waals surface area contributed by atoms with Crippen molar-refractivity contribution in [2.75, 3.05) is 32.4 Å². The van der Waals surface area contributed by atoms with Crippen molar-refractivity contribution in [2.45, 2.75) is 19.5 Å². The fourth-order valence-corrected chi connectivity index (χ4v) is 3.18. The van der Waals surface area contributed by atoms with Crippen LogP contribution in [0, 0.1) is 11.3 Å². The van der Waals surface area contributed by atoms with Crippen LogP contribution in [0.1, 0.15) is 28.4 Å². The lowest BCUT2D eigenvalue weighted by atomic mass is 10.1. The third-order valence-electron chi connectivity index (χ3n) is 4.23. The molecule has 0 fully saturated rings. The van der Waals surface area contributed by atoms with Crippen LogP contribution in [0.3, 0.4) is 0 Å². The van der Waals surface area contributed by atoms with Crippen LogP contribution in [0.25, 0.3) is 0 Å². The number of rotatable bonds is 10. The van der Waals surface area contributed by atoms with E-state index in [4.69, 9.17) is 13.7 Å². The second-order valence-corrected chi connectivity index (χ2v) is 8.42. The van der Waals surface area contributed by atoms with Gasteiger partial charge in [0.05, 0.1) is 44.3 Å². The molecule has 0 heterocycles. The van der Waals surface area contributed by atoms with E-state index in [-0.39, 0.29) is 18.7 Å². The zero-order valence-electron chi connectivity index (χ0n) is 17.8. The predicted octanol–water partition coefficient (Wildman–Crippen LogP) is 2.28. The van der Waals surface area contributed by atoms with Crippen LogP contribution >= 0.6 is 0 Å². The minimum atomic E-state index is -3.58. The summed E-state index contributed by atoms with van der Waals surface area (Å²) in [5, 5.41) is 15.1. The number of hydrogen-bond acceptors (Lipinski definition) is 8. The first-order valence-corrected chi connectivity index (χ1v) is 11.1. The minimum absolute atomic E-state index is 0.106. The summed E-state index contributed by atoms with van der Waals surface area (Å²) in [4.78, 5) is 12.8. The molecule has 0 aliphatic heterocycles. The SMILES string of the molecule is COc1ccc(CNC(=O)c2cc(C#N)ccc2N[C@@H](C)COS(C)(=O)=O)cc1OC. The lowest BCUT2D eigenvalue weighted by molar-refractivity contribution is 0.0951. The van der Waals surface area contributed by atoms with E-state index in [2.05, 4.69) is 10.6 Å². The summed E-state index contributed by atoms with van der Waals surface area (Å²) >= 11 is 0. The highest BCUT2D eigenvalue weighted by molar-refractivity contribution is 7.85. The van der Waals surface area contributed by atoms with Gasteiger partial charge in [-0.1, -0.05) is 6.07 Å². The maximum Gasteiger partial charge on any atom is 0.264 e. The number of nitriles is 1. The fourth-order valence-electron chi connectivity index (χ4n) is 2.73. The molecule has 2 aromatic carbocycles. The highest BCUT2D eigenvalue weighted by atomic mass is 32.2. The maximum absolute atomic E-state index is 12.8. The summed E-state index contributed by atoms with van der Waals surface area (Å²) in [5.74, 6) is 0.726. The van der Waals surface area contributed by atoms with Crippen LogP contribution in [0.4, 0.5) is 5.69 Å². The molecule has 10 heteroatoms. The molecule has 166 valence electrons. The summed E-state index contributed by atoms with van der Waals surface area (Å²) in [6, 6.07) is 11.5. The number of hydrogen-bond donors (Lipinski definition) is 2. The van der Waals surface area contributed by atoms with E-state index in [9.17, 15) is 18.5 Å². The van der Waals surface area contributed by atoms with E-state index in [1.165, 1.54) is 20.3 Å². The summed E-state index contributed by atoms with van der Waals surface area (Å²) in [5.41, 5.74) is 1.83. The molecule has 31 heavy (non-hydrogen) atoms. The van der Waals surface area contributed by atoms with Crippen molar-refractivity contribution in [2.24, 2.45) is 0 Å². The third kappa shape index (κ3) is 7.16. The van der Waals surface area contributed by atoms with Crippen molar-refractivity contribution in [3.05, 3.63) is 53.1 Å². The molecule has 1 atom stereocenters. The van der Waals surface area contributed by atoms with Gasteiger partial charge in [-0.25, -0.2) is 0 Å². The molecule has 0 aliphatic carbocycles. The number of carbonyl (C=O) groups excluding carboxylic acids is 1. The van der Waals surface area contributed by atoms with Gasteiger partial charge in [0.2, 0.25) is 0 Å². The molecule has 2 N–H and O–H groups in total. The van der Waals surface area contributed by atoms with Gasteiger partial charge in [-0.3, -0.25) is 8.98 Å². The van der Waals surface area contributed by atoms with E-state index in [0.717, 1.165) is 11.8 Å². The molecule has 2 aromatic rings. The minimum Gasteiger partial charge on any atom is -0.493 e. The summed E-state index contributed by atoms with van der Waals surface area (Å²) in [6.45, 7) is 1.84. The zero-order chi connectivity index (χ0) is 23.0. The van der Waals surface area contributed by atoms with Crippen LogP contribution in [-0.4, -0.2) is 47.4 Å². The van der Waals surface area contributed by atoms with Crippen molar-refractivity contribution in [3.63, 3.8) is 0 Å². The molecule has 0 aromatic heterocycles. The van der Waals surface area contributed by atoms with Gasteiger partial charge in [-0.15, -0.1) is 0 Å². The second kappa shape index (κ2) is 10.7. The first kappa shape index (κ1) is 24.0. The molecule has 9 nitrogen and oxygen atoms in total. The smallest absolute Gasteiger partial charge is 0.264 e. The monoisotopic (exact) mass is 447 g/mol. The molecule has 0 aliphatic rings. The second-order valence-electron chi connectivity index (χ2n) is 6.78. The Morgan fingerprint density at radius 2 is 1.84 bits per heavy atom. The largest absolute Gasteiger partial charge is 0.493 e. The molecular formula is C21H25N3O6S. The van der Waals surface area contributed by atoms with Gasteiger partial charge in [-0.2, -0.15) is 13.7 Å². The van der Waals surface area contributed by atoms with Gasteiger partial charge in [0.25, 0.3) is 16.0 Å². The Balaban J connectivity index is 2.16. The van der Waals surface area contributed by atoms with Gasteiger partial charge in [0.1, 0.15) is 0 Å². The number of amides is 1. The number of methoxy groups -OCH3 is 2. The number of ether oxygens (including phenoxy) is 2. The van der Waals surface area contributed by atoms with Crippen LogP contribution in [0.5, 0.6) is 11.5 Å². The summed E-state index contributed by atoms with van der Waals surface area (Å²) in [6.07, 6.45) is 0.967. The molecule has 0 unspecified atom stereocenters. The van der Waals surface area contributed by atoms with Crippen molar-refractivity contribution in [1.29, 1.82) is 5.26 Å². The van der Waals surface area contributed by atoms with E-state index in [1.807, 2.05) is 6.07 Å². The van der Waals surface area contributed by atoms with Gasteiger partial charge in [0, 0.05) is 18.3 Å². The molecular weight excluding hydrogens is 422 g/mol. The Morgan fingerprint density at radius 3 is 2.45 bits per heavy atom.